The Kier molecular flexibility index (Phi) is 8.54. The van der Waals surface area contributed by atoms with E-state index in [2.05, 4.69) is 29.8 Å². The van der Waals surface area contributed by atoms with Gasteiger partial charge in [0.25, 0.3) is 0 Å². The Morgan fingerprint density at radius 1 is 1.21 bits per heavy atom. The van der Waals surface area contributed by atoms with Gasteiger partial charge in [-0.15, -0.1) is 0 Å². The molecular weight excluding hydrogens is 304 g/mol. The summed E-state index contributed by atoms with van der Waals surface area (Å²) >= 11 is 0. The first kappa shape index (κ1) is 20.2. The SMILES string of the molecule is CCNC(=O)N/C(C)=C(/C=C(\C)C(=O)N1CCNCC1)CC(C)C. The first-order valence-electron chi connectivity index (χ1n) is 8.78. The number of piperazine rings is 1. The number of hydrogen-bond donors (Lipinski definition) is 3. The summed E-state index contributed by atoms with van der Waals surface area (Å²) in [6, 6.07) is -0.212. The second kappa shape index (κ2) is 10.1. The van der Waals surface area contributed by atoms with Gasteiger partial charge in [0.2, 0.25) is 5.91 Å². The summed E-state index contributed by atoms with van der Waals surface area (Å²) in [6.07, 6.45) is 2.73. The Labute approximate surface area is 145 Å². The summed E-state index contributed by atoms with van der Waals surface area (Å²) in [4.78, 5) is 26.2. The van der Waals surface area contributed by atoms with Gasteiger partial charge in [-0.1, -0.05) is 13.8 Å². The molecular formula is C18H32N4O2. The lowest BCUT2D eigenvalue weighted by molar-refractivity contribution is -0.127. The van der Waals surface area contributed by atoms with Crippen molar-refractivity contribution in [3.63, 3.8) is 0 Å². The highest BCUT2D eigenvalue weighted by Crippen LogP contribution is 2.18. The molecule has 1 aliphatic rings. The van der Waals surface area contributed by atoms with Crippen molar-refractivity contribution in [2.45, 2.75) is 41.0 Å². The summed E-state index contributed by atoms with van der Waals surface area (Å²) in [6.45, 7) is 13.6. The summed E-state index contributed by atoms with van der Waals surface area (Å²) in [5.41, 5.74) is 2.50. The van der Waals surface area contributed by atoms with E-state index in [1.54, 1.807) is 0 Å². The van der Waals surface area contributed by atoms with Crippen molar-refractivity contribution in [1.29, 1.82) is 0 Å². The van der Waals surface area contributed by atoms with E-state index in [9.17, 15) is 9.59 Å². The number of carbonyl (C=O) groups is 2. The van der Waals surface area contributed by atoms with Crippen LogP contribution in [0.3, 0.4) is 0 Å². The standard InChI is InChI=1S/C18H32N4O2/c1-6-20-18(24)21-15(5)16(11-13(2)3)12-14(4)17(23)22-9-7-19-8-10-22/h12-13,19H,6-11H2,1-5H3,(H2,20,21,24)/b14-12+,16-15+. The maximum Gasteiger partial charge on any atom is 0.318 e. The van der Waals surface area contributed by atoms with E-state index in [-0.39, 0.29) is 11.9 Å². The quantitative estimate of drug-likeness (QED) is 0.513. The fraction of sp³-hybridized carbons (Fsp3) is 0.667. The minimum atomic E-state index is -0.212. The third-order valence-corrected chi connectivity index (χ3v) is 3.88. The van der Waals surface area contributed by atoms with Crippen molar-refractivity contribution in [3.05, 3.63) is 22.9 Å². The van der Waals surface area contributed by atoms with E-state index in [4.69, 9.17) is 0 Å². The predicted molar refractivity (Wildman–Crippen MR) is 97.6 cm³/mol. The normalized spacial score (nSPS) is 16.8. The third kappa shape index (κ3) is 6.74. The molecule has 1 fully saturated rings. The van der Waals surface area contributed by atoms with Gasteiger partial charge < -0.3 is 20.9 Å². The van der Waals surface area contributed by atoms with E-state index < -0.39 is 0 Å². The molecule has 0 aromatic rings. The topological polar surface area (TPSA) is 73.5 Å². The highest BCUT2D eigenvalue weighted by molar-refractivity contribution is 5.93. The Balaban J connectivity index is 2.93. The minimum Gasteiger partial charge on any atom is -0.338 e. The average Bonchev–Trinajstić information content (AvgIpc) is 2.54. The minimum absolute atomic E-state index is 0.0727. The van der Waals surface area contributed by atoms with Crippen LogP contribution >= 0.6 is 0 Å². The molecule has 24 heavy (non-hydrogen) atoms. The largest absolute Gasteiger partial charge is 0.338 e. The monoisotopic (exact) mass is 336 g/mol. The molecule has 0 aromatic heterocycles. The summed E-state index contributed by atoms with van der Waals surface area (Å²) < 4.78 is 0. The zero-order valence-electron chi connectivity index (χ0n) is 15.7. The number of nitrogens with one attached hydrogen (secondary N) is 3. The van der Waals surface area contributed by atoms with Gasteiger partial charge in [-0.05, 0) is 44.8 Å². The third-order valence-electron chi connectivity index (χ3n) is 3.88. The number of hydrogen-bond acceptors (Lipinski definition) is 3. The molecule has 0 aliphatic carbocycles. The summed E-state index contributed by atoms with van der Waals surface area (Å²) in [7, 11) is 0. The van der Waals surface area contributed by atoms with Crippen molar-refractivity contribution in [2.24, 2.45) is 5.92 Å². The highest BCUT2D eigenvalue weighted by atomic mass is 16.2. The molecule has 1 aliphatic heterocycles. The second-order valence-corrected chi connectivity index (χ2v) is 6.60. The molecule has 1 rings (SSSR count). The molecule has 0 unspecified atom stereocenters. The number of rotatable bonds is 6. The number of carbonyl (C=O) groups excluding carboxylic acids is 2. The van der Waals surface area contributed by atoms with E-state index in [0.29, 0.717) is 18.0 Å². The zero-order chi connectivity index (χ0) is 18.1. The van der Waals surface area contributed by atoms with Gasteiger partial charge in [0.05, 0.1) is 0 Å². The van der Waals surface area contributed by atoms with Gasteiger partial charge >= 0.3 is 6.03 Å². The zero-order valence-corrected chi connectivity index (χ0v) is 15.7. The van der Waals surface area contributed by atoms with Gasteiger partial charge in [0.15, 0.2) is 0 Å². The van der Waals surface area contributed by atoms with Crippen LogP contribution in [0.1, 0.15) is 41.0 Å². The van der Waals surface area contributed by atoms with E-state index >= 15 is 0 Å². The molecule has 0 bridgehead atoms. The average molecular weight is 336 g/mol. The molecule has 1 heterocycles. The molecule has 0 radical (unpaired) electrons. The van der Waals surface area contributed by atoms with Crippen LogP contribution in [0.25, 0.3) is 0 Å². The van der Waals surface area contributed by atoms with Gasteiger partial charge in [-0.2, -0.15) is 0 Å². The predicted octanol–water partition coefficient (Wildman–Crippen LogP) is 2.00. The Hall–Kier alpha value is -1.82. The number of nitrogens with zero attached hydrogens (tertiary/aromatic N) is 1. The van der Waals surface area contributed by atoms with Crippen molar-refractivity contribution in [3.8, 4) is 0 Å². The highest BCUT2D eigenvalue weighted by Gasteiger charge is 2.18. The van der Waals surface area contributed by atoms with Gasteiger partial charge in [0, 0.05) is 44.0 Å². The number of allylic oxidation sites excluding steroid dienone is 3. The van der Waals surface area contributed by atoms with Crippen LogP contribution < -0.4 is 16.0 Å². The Bertz CT molecular complexity index is 503. The molecule has 0 atom stereocenters. The van der Waals surface area contributed by atoms with Crippen LogP contribution in [0.5, 0.6) is 0 Å². The summed E-state index contributed by atoms with van der Waals surface area (Å²) in [5.74, 6) is 0.507. The fourth-order valence-electron chi connectivity index (χ4n) is 2.66. The molecule has 6 nitrogen and oxygen atoms in total. The molecule has 3 amide bonds. The van der Waals surface area contributed by atoms with Crippen molar-refractivity contribution in [1.82, 2.24) is 20.9 Å². The van der Waals surface area contributed by atoms with E-state index in [0.717, 1.165) is 43.9 Å². The number of urea groups is 1. The van der Waals surface area contributed by atoms with Gasteiger partial charge in [0.1, 0.15) is 0 Å². The second-order valence-electron chi connectivity index (χ2n) is 6.60. The summed E-state index contributed by atoms with van der Waals surface area (Å²) in [5, 5.41) is 8.84. The molecule has 6 heteroatoms. The van der Waals surface area contributed by atoms with Crippen LogP contribution in [0, 0.1) is 5.92 Å². The lowest BCUT2D eigenvalue weighted by Gasteiger charge is -2.28. The lowest BCUT2D eigenvalue weighted by atomic mass is 9.99. The molecule has 136 valence electrons. The maximum atomic E-state index is 12.6. The Morgan fingerprint density at radius 2 is 1.83 bits per heavy atom. The van der Waals surface area contributed by atoms with Crippen molar-refractivity contribution < 1.29 is 9.59 Å². The molecule has 0 aromatic carbocycles. The van der Waals surface area contributed by atoms with Gasteiger partial charge in [-0.25, -0.2) is 4.79 Å². The Morgan fingerprint density at radius 3 is 2.38 bits per heavy atom. The fourth-order valence-corrected chi connectivity index (χ4v) is 2.66. The molecule has 0 saturated carbocycles. The van der Waals surface area contributed by atoms with Crippen LogP contribution in [-0.2, 0) is 4.79 Å². The van der Waals surface area contributed by atoms with Crippen LogP contribution in [-0.4, -0.2) is 49.6 Å². The lowest BCUT2D eigenvalue weighted by Crippen LogP contribution is -2.46. The number of amides is 3. The van der Waals surface area contributed by atoms with Crippen molar-refractivity contribution >= 4 is 11.9 Å². The van der Waals surface area contributed by atoms with E-state index in [1.807, 2.05) is 31.7 Å². The smallest absolute Gasteiger partial charge is 0.318 e. The van der Waals surface area contributed by atoms with Gasteiger partial charge in [-0.3, -0.25) is 4.79 Å². The molecule has 0 spiro atoms. The van der Waals surface area contributed by atoms with Crippen LogP contribution in [0.15, 0.2) is 22.9 Å². The molecule has 3 N–H and O–H groups in total. The van der Waals surface area contributed by atoms with Crippen molar-refractivity contribution in [2.75, 3.05) is 32.7 Å². The maximum absolute atomic E-state index is 12.6. The first-order valence-corrected chi connectivity index (χ1v) is 8.78. The molecule has 1 saturated heterocycles. The first-order chi connectivity index (χ1) is 11.3. The van der Waals surface area contributed by atoms with Crippen LogP contribution in [0.4, 0.5) is 4.79 Å². The van der Waals surface area contributed by atoms with Crippen LogP contribution in [0.2, 0.25) is 0 Å². The van der Waals surface area contributed by atoms with E-state index in [1.165, 1.54) is 0 Å².